The highest BCUT2D eigenvalue weighted by molar-refractivity contribution is 7.80. The van der Waals surface area contributed by atoms with Gasteiger partial charge in [0.25, 0.3) is 5.56 Å². The molecule has 4 rings (SSSR count). The van der Waals surface area contributed by atoms with E-state index in [0.29, 0.717) is 40.9 Å². The summed E-state index contributed by atoms with van der Waals surface area (Å²) in [4.78, 5) is 17.6. The van der Waals surface area contributed by atoms with E-state index in [1.807, 2.05) is 67.3 Å². The first-order valence-electron chi connectivity index (χ1n) is 10.6. The lowest BCUT2D eigenvalue weighted by Crippen LogP contribution is -2.35. The largest absolute Gasteiger partial charge is 0.494 e. The number of benzene rings is 2. The second-order valence-electron chi connectivity index (χ2n) is 7.64. The standard InChI is InChI=1S/C25H24ClN3O3S/c1-3-31-20-8-6-19(7-9-20)27-25(33)29(15-21-5-4-10-32-21)14-18-12-17-11-16(2)22(26)13-23(17)28-24(18)30/h4-13H,3,14-15H2,1-2H3,(H,27,33)(H,28,30). The minimum absolute atomic E-state index is 0.185. The summed E-state index contributed by atoms with van der Waals surface area (Å²) in [7, 11) is 0. The number of aromatic amines is 1. The maximum absolute atomic E-state index is 12.8. The molecule has 33 heavy (non-hydrogen) atoms. The van der Waals surface area contributed by atoms with Crippen molar-refractivity contribution in [2.24, 2.45) is 0 Å². The highest BCUT2D eigenvalue weighted by Gasteiger charge is 2.16. The molecule has 0 bridgehead atoms. The van der Waals surface area contributed by atoms with Crippen LogP contribution in [0.3, 0.4) is 0 Å². The third-order valence-electron chi connectivity index (χ3n) is 5.19. The molecule has 8 heteroatoms. The molecule has 0 aliphatic heterocycles. The monoisotopic (exact) mass is 481 g/mol. The number of aryl methyl sites for hydroxylation is 1. The van der Waals surface area contributed by atoms with Gasteiger partial charge < -0.3 is 24.4 Å². The van der Waals surface area contributed by atoms with Crippen molar-refractivity contribution in [3.05, 3.63) is 93.1 Å². The van der Waals surface area contributed by atoms with E-state index in [2.05, 4.69) is 10.3 Å². The van der Waals surface area contributed by atoms with E-state index >= 15 is 0 Å². The molecule has 0 saturated heterocycles. The molecule has 2 heterocycles. The quantitative estimate of drug-likeness (QED) is 0.321. The summed E-state index contributed by atoms with van der Waals surface area (Å²) < 4.78 is 11.0. The van der Waals surface area contributed by atoms with Crippen molar-refractivity contribution in [1.82, 2.24) is 9.88 Å². The number of hydrogen-bond donors (Lipinski definition) is 2. The van der Waals surface area contributed by atoms with Crippen molar-refractivity contribution in [2.45, 2.75) is 26.9 Å². The summed E-state index contributed by atoms with van der Waals surface area (Å²) in [6, 6.07) is 16.9. The predicted octanol–water partition coefficient (Wildman–Crippen LogP) is 5.88. The van der Waals surface area contributed by atoms with Gasteiger partial charge in [-0.05, 0) is 91.6 Å². The molecule has 0 fully saturated rings. The lowest BCUT2D eigenvalue weighted by atomic mass is 10.1. The van der Waals surface area contributed by atoms with Gasteiger partial charge in [0.15, 0.2) is 5.11 Å². The van der Waals surface area contributed by atoms with Crippen LogP contribution in [0.1, 0.15) is 23.8 Å². The third-order valence-corrected chi connectivity index (χ3v) is 5.96. The summed E-state index contributed by atoms with van der Waals surface area (Å²) in [6.45, 7) is 5.20. The van der Waals surface area contributed by atoms with Crippen LogP contribution < -0.4 is 15.6 Å². The highest BCUT2D eigenvalue weighted by atomic mass is 35.5. The van der Waals surface area contributed by atoms with Crippen molar-refractivity contribution in [3.63, 3.8) is 0 Å². The fourth-order valence-corrected chi connectivity index (χ4v) is 3.91. The molecule has 2 N–H and O–H groups in total. The predicted molar refractivity (Wildman–Crippen MR) is 136 cm³/mol. The van der Waals surface area contributed by atoms with Gasteiger partial charge in [0, 0.05) is 21.8 Å². The Morgan fingerprint density at radius 2 is 1.97 bits per heavy atom. The molecule has 0 atom stereocenters. The van der Waals surface area contributed by atoms with Crippen LogP contribution in [0.15, 0.2) is 70.1 Å². The Bertz CT molecular complexity index is 1320. The number of ether oxygens (including phenoxy) is 1. The van der Waals surface area contributed by atoms with Crippen molar-refractivity contribution in [2.75, 3.05) is 11.9 Å². The second kappa shape index (κ2) is 10.1. The van der Waals surface area contributed by atoms with Gasteiger partial charge in [-0.3, -0.25) is 4.79 Å². The Morgan fingerprint density at radius 3 is 2.67 bits per heavy atom. The molecule has 0 unspecified atom stereocenters. The Labute approximate surface area is 202 Å². The average Bonchev–Trinajstić information content (AvgIpc) is 3.30. The zero-order valence-corrected chi connectivity index (χ0v) is 19.9. The van der Waals surface area contributed by atoms with Gasteiger partial charge in [-0.2, -0.15) is 0 Å². The Hall–Kier alpha value is -3.29. The molecular formula is C25H24ClN3O3S. The van der Waals surface area contributed by atoms with Gasteiger partial charge in [-0.25, -0.2) is 0 Å². The number of halogens is 1. The molecule has 0 aliphatic rings. The van der Waals surface area contributed by atoms with E-state index in [1.165, 1.54) is 0 Å². The van der Waals surface area contributed by atoms with Crippen LogP contribution in [0, 0.1) is 6.92 Å². The van der Waals surface area contributed by atoms with E-state index in [4.69, 9.17) is 33.0 Å². The Kier molecular flexibility index (Phi) is 7.01. The highest BCUT2D eigenvalue weighted by Crippen LogP contribution is 2.23. The third kappa shape index (κ3) is 5.56. The van der Waals surface area contributed by atoms with Gasteiger partial charge in [0.2, 0.25) is 0 Å². The molecule has 0 radical (unpaired) electrons. The number of nitrogens with one attached hydrogen (secondary N) is 2. The van der Waals surface area contributed by atoms with Gasteiger partial charge in [0.05, 0.1) is 26.0 Å². The summed E-state index contributed by atoms with van der Waals surface area (Å²) >= 11 is 11.9. The van der Waals surface area contributed by atoms with Gasteiger partial charge >= 0.3 is 0 Å². The maximum Gasteiger partial charge on any atom is 0.253 e. The molecule has 2 aromatic heterocycles. The van der Waals surface area contributed by atoms with Crippen LogP contribution >= 0.6 is 23.8 Å². The number of pyridine rings is 1. The lowest BCUT2D eigenvalue weighted by molar-refractivity contribution is 0.340. The molecule has 6 nitrogen and oxygen atoms in total. The van der Waals surface area contributed by atoms with Gasteiger partial charge in [-0.15, -0.1) is 0 Å². The van der Waals surface area contributed by atoms with Crippen LogP contribution in [0.4, 0.5) is 5.69 Å². The molecule has 0 amide bonds. The fraction of sp³-hybridized carbons (Fsp3) is 0.200. The van der Waals surface area contributed by atoms with Crippen molar-refractivity contribution >= 4 is 45.5 Å². The van der Waals surface area contributed by atoms with E-state index in [0.717, 1.165) is 28.1 Å². The SMILES string of the molecule is CCOc1ccc(NC(=S)N(Cc2ccco2)Cc2cc3cc(C)c(Cl)cc3[nH]c2=O)cc1. The van der Waals surface area contributed by atoms with E-state index < -0.39 is 0 Å². The average molecular weight is 482 g/mol. The van der Waals surface area contributed by atoms with E-state index in [-0.39, 0.29) is 5.56 Å². The van der Waals surface area contributed by atoms with E-state index in [1.54, 1.807) is 12.3 Å². The minimum Gasteiger partial charge on any atom is -0.494 e. The summed E-state index contributed by atoms with van der Waals surface area (Å²) in [5.74, 6) is 1.53. The fourth-order valence-electron chi connectivity index (χ4n) is 3.50. The first-order valence-corrected chi connectivity index (χ1v) is 11.3. The Balaban J connectivity index is 1.60. The normalized spacial score (nSPS) is 10.9. The van der Waals surface area contributed by atoms with E-state index in [9.17, 15) is 4.79 Å². The number of hydrogen-bond acceptors (Lipinski definition) is 4. The van der Waals surface area contributed by atoms with Crippen LogP contribution in [0.25, 0.3) is 10.9 Å². The van der Waals surface area contributed by atoms with Gasteiger partial charge in [0.1, 0.15) is 11.5 Å². The van der Waals surface area contributed by atoms with Crippen LogP contribution in [-0.2, 0) is 13.1 Å². The maximum atomic E-state index is 12.8. The first kappa shape index (κ1) is 22.9. The molecular weight excluding hydrogens is 458 g/mol. The van der Waals surface area contributed by atoms with Crippen molar-refractivity contribution < 1.29 is 9.15 Å². The number of anilines is 1. The number of rotatable bonds is 7. The van der Waals surface area contributed by atoms with Gasteiger partial charge in [-0.1, -0.05) is 11.6 Å². The first-order chi connectivity index (χ1) is 15.9. The number of furan rings is 1. The zero-order valence-electron chi connectivity index (χ0n) is 18.4. The number of thiocarbonyl (C=S) groups is 1. The second-order valence-corrected chi connectivity index (χ2v) is 8.43. The lowest BCUT2D eigenvalue weighted by Gasteiger charge is -2.25. The number of nitrogens with zero attached hydrogens (tertiary/aromatic N) is 1. The Morgan fingerprint density at radius 1 is 1.18 bits per heavy atom. The van der Waals surface area contributed by atoms with Crippen LogP contribution in [0.5, 0.6) is 5.75 Å². The molecule has 0 aliphatic carbocycles. The summed E-state index contributed by atoms with van der Waals surface area (Å²) in [5, 5.41) is 5.25. The van der Waals surface area contributed by atoms with Crippen LogP contribution in [-0.4, -0.2) is 21.6 Å². The number of fused-ring (bicyclic) bond motifs is 1. The molecule has 0 spiro atoms. The summed E-state index contributed by atoms with van der Waals surface area (Å²) in [6.07, 6.45) is 1.62. The smallest absolute Gasteiger partial charge is 0.253 e. The zero-order chi connectivity index (χ0) is 23.4. The molecule has 0 saturated carbocycles. The molecule has 170 valence electrons. The topological polar surface area (TPSA) is 70.5 Å². The molecule has 4 aromatic rings. The number of H-pyrrole nitrogens is 1. The van der Waals surface area contributed by atoms with Crippen LogP contribution in [0.2, 0.25) is 5.02 Å². The minimum atomic E-state index is -0.185. The van der Waals surface area contributed by atoms with Crippen molar-refractivity contribution in [1.29, 1.82) is 0 Å². The van der Waals surface area contributed by atoms with Crippen molar-refractivity contribution in [3.8, 4) is 5.75 Å². The summed E-state index contributed by atoms with van der Waals surface area (Å²) in [5.41, 5.74) is 2.88. The number of aromatic nitrogens is 1. The molecule has 2 aromatic carbocycles.